The number of nitrogens with zero attached hydrogens (tertiary/aromatic N) is 3. The molecule has 2 aliphatic rings. The molecule has 1 atom stereocenters. The highest BCUT2D eigenvalue weighted by Gasteiger charge is 2.32. The molecule has 172 valence electrons. The Morgan fingerprint density at radius 3 is 2.34 bits per heavy atom. The van der Waals surface area contributed by atoms with Crippen LogP contribution < -0.4 is 0 Å². The fraction of sp³-hybridized carbons (Fsp3) is 0.538. The molecular formula is C26H35N3O2S. The van der Waals surface area contributed by atoms with Crippen LogP contribution in [0.2, 0.25) is 0 Å². The van der Waals surface area contributed by atoms with E-state index in [0.29, 0.717) is 39.1 Å². The van der Waals surface area contributed by atoms with Gasteiger partial charge in [-0.1, -0.05) is 56.5 Å². The second-order valence-electron chi connectivity index (χ2n) is 8.91. The second kappa shape index (κ2) is 11.1. The maximum atomic E-state index is 13.2. The lowest BCUT2D eigenvalue weighted by Gasteiger charge is -2.39. The van der Waals surface area contributed by atoms with Gasteiger partial charge >= 0.3 is 0 Å². The van der Waals surface area contributed by atoms with E-state index >= 15 is 0 Å². The lowest BCUT2D eigenvalue weighted by Crippen LogP contribution is -2.53. The number of rotatable bonds is 8. The van der Waals surface area contributed by atoms with Crippen LogP contribution in [0, 0.1) is 0 Å². The van der Waals surface area contributed by atoms with Crippen LogP contribution in [0.1, 0.15) is 61.1 Å². The van der Waals surface area contributed by atoms with Gasteiger partial charge in [0.2, 0.25) is 11.8 Å². The molecule has 0 radical (unpaired) electrons. The number of piperazine rings is 1. The molecule has 1 aromatic carbocycles. The first-order chi connectivity index (χ1) is 15.7. The lowest BCUT2D eigenvalue weighted by molar-refractivity contribution is -0.140. The van der Waals surface area contributed by atoms with Gasteiger partial charge in [-0.15, -0.1) is 11.3 Å². The van der Waals surface area contributed by atoms with E-state index < -0.39 is 0 Å². The van der Waals surface area contributed by atoms with Gasteiger partial charge in [-0.25, -0.2) is 0 Å². The average Bonchev–Trinajstić information content (AvgIpc) is 3.31. The summed E-state index contributed by atoms with van der Waals surface area (Å²) in [4.78, 5) is 33.3. The molecule has 0 unspecified atom stereocenters. The molecule has 1 fully saturated rings. The van der Waals surface area contributed by atoms with E-state index in [1.165, 1.54) is 28.8 Å². The van der Waals surface area contributed by atoms with Gasteiger partial charge in [0, 0.05) is 44.0 Å². The Morgan fingerprint density at radius 1 is 0.906 bits per heavy atom. The second-order valence-corrected chi connectivity index (χ2v) is 9.91. The largest absolute Gasteiger partial charge is 0.339 e. The predicted molar refractivity (Wildman–Crippen MR) is 130 cm³/mol. The van der Waals surface area contributed by atoms with Crippen molar-refractivity contribution in [2.75, 3.05) is 39.3 Å². The molecule has 5 nitrogen and oxygen atoms in total. The van der Waals surface area contributed by atoms with E-state index in [2.05, 4.69) is 47.5 Å². The van der Waals surface area contributed by atoms with Crippen LogP contribution in [0.3, 0.4) is 0 Å². The van der Waals surface area contributed by atoms with Crippen LogP contribution in [0.4, 0.5) is 0 Å². The molecule has 2 aromatic rings. The smallest absolute Gasteiger partial charge is 0.236 e. The Balaban J connectivity index is 1.33. The van der Waals surface area contributed by atoms with Gasteiger partial charge in [0.1, 0.15) is 0 Å². The molecule has 0 spiro atoms. The number of benzene rings is 1. The van der Waals surface area contributed by atoms with Crippen LogP contribution in [0.15, 0.2) is 41.8 Å². The van der Waals surface area contributed by atoms with E-state index in [0.717, 1.165) is 25.8 Å². The monoisotopic (exact) mass is 453 g/mol. The zero-order chi connectivity index (χ0) is 22.3. The summed E-state index contributed by atoms with van der Waals surface area (Å²) in [6.07, 6.45) is 6.14. The van der Waals surface area contributed by atoms with Crippen molar-refractivity contribution >= 4 is 23.2 Å². The van der Waals surface area contributed by atoms with Gasteiger partial charge in [0.25, 0.3) is 0 Å². The predicted octanol–water partition coefficient (Wildman–Crippen LogP) is 4.34. The fourth-order valence-corrected chi connectivity index (χ4v) is 5.81. The third kappa shape index (κ3) is 5.41. The van der Waals surface area contributed by atoms with E-state index in [-0.39, 0.29) is 17.9 Å². The van der Waals surface area contributed by atoms with Crippen LogP contribution in [0.5, 0.6) is 0 Å². The molecule has 2 aliphatic heterocycles. The van der Waals surface area contributed by atoms with Gasteiger partial charge in [-0.3, -0.25) is 14.5 Å². The molecule has 32 heavy (non-hydrogen) atoms. The Kier molecular flexibility index (Phi) is 7.98. The van der Waals surface area contributed by atoms with Crippen molar-refractivity contribution in [1.82, 2.24) is 14.7 Å². The van der Waals surface area contributed by atoms with Crippen molar-refractivity contribution < 1.29 is 9.59 Å². The summed E-state index contributed by atoms with van der Waals surface area (Å²) in [6.45, 7) is 6.13. The number of fused-ring (bicyclic) bond motifs is 1. The van der Waals surface area contributed by atoms with Crippen LogP contribution >= 0.6 is 11.3 Å². The van der Waals surface area contributed by atoms with Crippen molar-refractivity contribution in [3.63, 3.8) is 0 Å². The number of hydrogen-bond donors (Lipinski definition) is 0. The van der Waals surface area contributed by atoms with Crippen molar-refractivity contribution in [2.45, 2.75) is 51.5 Å². The molecule has 0 bridgehead atoms. The quantitative estimate of drug-likeness (QED) is 0.559. The van der Waals surface area contributed by atoms with E-state index in [4.69, 9.17) is 0 Å². The molecule has 4 rings (SSSR count). The zero-order valence-corrected chi connectivity index (χ0v) is 20.0. The molecule has 0 N–H and O–H groups in total. The first-order valence-corrected chi connectivity index (χ1v) is 13.0. The van der Waals surface area contributed by atoms with Crippen molar-refractivity contribution in [2.24, 2.45) is 0 Å². The van der Waals surface area contributed by atoms with Crippen molar-refractivity contribution in [1.29, 1.82) is 0 Å². The molecule has 0 saturated carbocycles. The Labute approximate surface area is 196 Å². The molecule has 1 saturated heterocycles. The molecule has 0 aliphatic carbocycles. The van der Waals surface area contributed by atoms with Gasteiger partial charge in [0.05, 0.1) is 12.6 Å². The first-order valence-electron chi connectivity index (χ1n) is 12.1. The standard InChI is InChI=1S/C26H35N3O2S/c1-2-3-4-8-11-24(30)27-15-17-28(18-16-27)25(31)20-29-14-12-23-22(13-19-32-23)26(29)21-9-6-5-7-10-21/h5-7,9-10,13,19,26H,2-4,8,11-12,14-18,20H2,1H3/t26-/m1/s1. The van der Waals surface area contributed by atoms with Gasteiger partial charge < -0.3 is 9.80 Å². The number of thiophene rings is 1. The summed E-state index contributed by atoms with van der Waals surface area (Å²) in [5, 5.41) is 2.17. The Hall–Kier alpha value is -2.18. The lowest BCUT2D eigenvalue weighted by atomic mass is 9.93. The SMILES string of the molecule is CCCCCCC(=O)N1CCN(C(=O)CN2CCc3sccc3[C@H]2c2ccccc2)CC1. The van der Waals surface area contributed by atoms with E-state index in [1.807, 2.05) is 27.2 Å². The summed E-state index contributed by atoms with van der Waals surface area (Å²) in [5.74, 6) is 0.429. The van der Waals surface area contributed by atoms with Gasteiger partial charge in [-0.2, -0.15) is 0 Å². The third-order valence-electron chi connectivity index (χ3n) is 6.75. The Morgan fingerprint density at radius 2 is 1.62 bits per heavy atom. The van der Waals surface area contributed by atoms with Crippen molar-refractivity contribution in [3.05, 3.63) is 57.8 Å². The normalized spacial score (nSPS) is 19.1. The molecule has 6 heteroatoms. The summed E-state index contributed by atoms with van der Waals surface area (Å²) in [7, 11) is 0. The highest BCUT2D eigenvalue weighted by Crippen LogP contribution is 2.37. The van der Waals surface area contributed by atoms with Gasteiger partial charge in [-0.05, 0) is 35.4 Å². The number of carbonyl (C=O) groups excluding carboxylic acids is 2. The number of hydrogen-bond acceptors (Lipinski definition) is 4. The van der Waals surface area contributed by atoms with Crippen LogP contribution in [0.25, 0.3) is 0 Å². The molecule has 1 aromatic heterocycles. The van der Waals surface area contributed by atoms with E-state index in [9.17, 15) is 9.59 Å². The summed E-state index contributed by atoms with van der Waals surface area (Å²) >= 11 is 1.82. The molecular weight excluding hydrogens is 418 g/mol. The molecule has 2 amide bonds. The van der Waals surface area contributed by atoms with Crippen LogP contribution in [-0.4, -0.2) is 65.8 Å². The van der Waals surface area contributed by atoms with Gasteiger partial charge in [0.15, 0.2) is 0 Å². The first kappa shape index (κ1) is 23.0. The summed E-state index contributed by atoms with van der Waals surface area (Å²) in [6, 6.07) is 12.9. The summed E-state index contributed by atoms with van der Waals surface area (Å²) < 4.78 is 0. The van der Waals surface area contributed by atoms with Crippen LogP contribution in [-0.2, 0) is 16.0 Å². The molecule has 3 heterocycles. The number of carbonyl (C=O) groups is 2. The number of unbranched alkanes of at least 4 members (excludes halogenated alkanes) is 3. The minimum Gasteiger partial charge on any atom is -0.339 e. The van der Waals surface area contributed by atoms with E-state index in [1.54, 1.807) is 0 Å². The highest BCUT2D eigenvalue weighted by molar-refractivity contribution is 7.10. The summed E-state index contributed by atoms with van der Waals surface area (Å²) in [5.41, 5.74) is 2.59. The zero-order valence-electron chi connectivity index (χ0n) is 19.2. The average molecular weight is 454 g/mol. The Bertz CT molecular complexity index is 889. The maximum absolute atomic E-state index is 13.2. The number of amides is 2. The third-order valence-corrected chi connectivity index (χ3v) is 7.75. The van der Waals surface area contributed by atoms with Crippen molar-refractivity contribution in [3.8, 4) is 0 Å². The maximum Gasteiger partial charge on any atom is 0.236 e. The minimum atomic E-state index is 0.140. The fourth-order valence-electron chi connectivity index (χ4n) is 4.90. The highest BCUT2D eigenvalue weighted by atomic mass is 32.1. The minimum absolute atomic E-state index is 0.140. The topological polar surface area (TPSA) is 43.9 Å².